The van der Waals surface area contributed by atoms with Gasteiger partial charge in [0.1, 0.15) is 0 Å². The van der Waals surface area contributed by atoms with Gasteiger partial charge in [-0.15, -0.1) is 0 Å². The molecule has 1 aromatic carbocycles. The summed E-state index contributed by atoms with van der Waals surface area (Å²) < 4.78 is 0. The van der Waals surface area contributed by atoms with E-state index >= 15 is 0 Å². The molecule has 3 nitrogen and oxygen atoms in total. The summed E-state index contributed by atoms with van der Waals surface area (Å²) in [7, 11) is 0. The number of likely N-dealkylation sites (tertiary alicyclic amines) is 1. The number of nitrogen functional groups attached to an aromatic ring is 1. The molecule has 0 aromatic heterocycles. The normalized spacial score (nSPS) is 23.9. The second-order valence-corrected chi connectivity index (χ2v) is 6.01. The molecular formula is C16H25N3. The standard InChI is InChI=1S/C16H25N3/c17-14-5-1-3-13(11-14)4-2-9-18-15-8-10-19(12-15)16-6-7-16/h1,3,5,11,15-16,18H,2,4,6-10,12,17H2. The molecule has 19 heavy (non-hydrogen) atoms. The molecule has 1 aliphatic heterocycles. The fraction of sp³-hybridized carbons (Fsp3) is 0.625. The number of anilines is 1. The van der Waals surface area contributed by atoms with Crippen molar-refractivity contribution in [1.82, 2.24) is 10.2 Å². The molecule has 0 spiro atoms. The van der Waals surface area contributed by atoms with E-state index in [1.807, 2.05) is 12.1 Å². The Hall–Kier alpha value is -1.06. The fourth-order valence-electron chi connectivity index (χ4n) is 3.07. The molecule has 1 aromatic rings. The summed E-state index contributed by atoms with van der Waals surface area (Å²) in [6, 6.07) is 9.90. The minimum Gasteiger partial charge on any atom is -0.399 e. The summed E-state index contributed by atoms with van der Waals surface area (Å²) in [6.45, 7) is 3.69. The van der Waals surface area contributed by atoms with Gasteiger partial charge in [-0.25, -0.2) is 0 Å². The predicted octanol–water partition coefficient (Wildman–Crippen LogP) is 2.03. The van der Waals surface area contributed by atoms with Gasteiger partial charge in [0.25, 0.3) is 0 Å². The second kappa shape index (κ2) is 5.93. The molecule has 2 aliphatic rings. The summed E-state index contributed by atoms with van der Waals surface area (Å²) in [6.07, 6.45) is 6.51. The van der Waals surface area contributed by atoms with Crippen LogP contribution in [0.5, 0.6) is 0 Å². The monoisotopic (exact) mass is 259 g/mol. The van der Waals surface area contributed by atoms with Crippen molar-refractivity contribution in [3.63, 3.8) is 0 Å². The van der Waals surface area contributed by atoms with E-state index in [2.05, 4.69) is 22.3 Å². The molecule has 1 saturated heterocycles. The van der Waals surface area contributed by atoms with Crippen molar-refractivity contribution in [1.29, 1.82) is 0 Å². The number of hydrogen-bond donors (Lipinski definition) is 2. The quantitative estimate of drug-likeness (QED) is 0.607. The third-order valence-corrected chi connectivity index (χ3v) is 4.31. The molecule has 2 fully saturated rings. The van der Waals surface area contributed by atoms with Crippen LogP contribution in [0, 0.1) is 0 Å². The molecule has 0 amide bonds. The molecule has 104 valence electrons. The van der Waals surface area contributed by atoms with E-state index in [0.717, 1.165) is 30.7 Å². The molecule has 3 N–H and O–H groups in total. The molecule has 1 unspecified atom stereocenters. The zero-order valence-electron chi connectivity index (χ0n) is 11.6. The highest BCUT2D eigenvalue weighted by molar-refractivity contribution is 5.40. The number of nitrogens with zero attached hydrogens (tertiary/aromatic N) is 1. The van der Waals surface area contributed by atoms with Gasteiger partial charge in [-0.2, -0.15) is 0 Å². The van der Waals surface area contributed by atoms with Gasteiger partial charge in [0.05, 0.1) is 0 Å². The van der Waals surface area contributed by atoms with Gasteiger partial charge < -0.3 is 11.1 Å². The summed E-state index contributed by atoms with van der Waals surface area (Å²) in [5, 5.41) is 3.71. The number of rotatable bonds is 6. The lowest BCUT2D eigenvalue weighted by Crippen LogP contribution is -2.34. The Balaban J connectivity index is 1.33. The van der Waals surface area contributed by atoms with E-state index in [4.69, 9.17) is 5.73 Å². The van der Waals surface area contributed by atoms with Crippen LogP contribution < -0.4 is 11.1 Å². The molecule has 0 bridgehead atoms. The molecular weight excluding hydrogens is 234 g/mol. The SMILES string of the molecule is Nc1cccc(CCCNC2CCN(C3CC3)C2)c1. The average Bonchev–Trinajstić information content (AvgIpc) is 3.15. The van der Waals surface area contributed by atoms with Crippen LogP contribution in [0.1, 0.15) is 31.2 Å². The van der Waals surface area contributed by atoms with Gasteiger partial charge >= 0.3 is 0 Å². The van der Waals surface area contributed by atoms with Crippen LogP contribution in [0.25, 0.3) is 0 Å². The largest absolute Gasteiger partial charge is 0.399 e. The third-order valence-electron chi connectivity index (χ3n) is 4.31. The topological polar surface area (TPSA) is 41.3 Å². The van der Waals surface area contributed by atoms with Gasteiger partial charge in [0.2, 0.25) is 0 Å². The van der Waals surface area contributed by atoms with Crippen LogP contribution in [0.2, 0.25) is 0 Å². The number of nitrogens with two attached hydrogens (primary N) is 1. The Labute approximate surface area is 116 Å². The highest BCUT2D eigenvalue weighted by Gasteiger charge is 2.33. The van der Waals surface area contributed by atoms with E-state index in [9.17, 15) is 0 Å². The van der Waals surface area contributed by atoms with Crippen molar-refractivity contribution < 1.29 is 0 Å². The van der Waals surface area contributed by atoms with Gasteiger partial charge in [-0.3, -0.25) is 4.90 Å². The first-order chi connectivity index (χ1) is 9.31. The first-order valence-electron chi connectivity index (χ1n) is 7.63. The second-order valence-electron chi connectivity index (χ2n) is 6.01. The van der Waals surface area contributed by atoms with E-state index < -0.39 is 0 Å². The van der Waals surface area contributed by atoms with Crippen molar-refractivity contribution in [2.75, 3.05) is 25.4 Å². The maximum absolute atomic E-state index is 5.79. The highest BCUT2D eigenvalue weighted by atomic mass is 15.2. The van der Waals surface area contributed by atoms with Crippen LogP contribution in [0.3, 0.4) is 0 Å². The summed E-state index contributed by atoms with van der Waals surface area (Å²) in [4.78, 5) is 2.66. The van der Waals surface area contributed by atoms with Crippen LogP contribution in [0.15, 0.2) is 24.3 Å². The Kier molecular flexibility index (Phi) is 4.04. The maximum atomic E-state index is 5.79. The molecule has 1 atom stereocenters. The number of nitrogens with one attached hydrogen (secondary N) is 1. The van der Waals surface area contributed by atoms with Crippen LogP contribution >= 0.6 is 0 Å². The lowest BCUT2D eigenvalue weighted by molar-refractivity contribution is 0.317. The molecule has 0 radical (unpaired) electrons. The van der Waals surface area contributed by atoms with E-state index in [1.54, 1.807) is 0 Å². The summed E-state index contributed by atoms with van der Waals surface area (Å²) in [5.41, 5.74) is 8.02. The lowest BCUT2D eigenvalue weighted by atomic mass is 10.1. The molecule has 1 heterocycles. The zero-order valence-corrected chi connectivity index (χ0v) is 11.6. The molecule has 1 aliphatic carbocycles. The number of hydrogen-bond acceptors (Lipinski definition) is 3. The van der Waals surface area contributed by atoms with Gasteiger partial charge in [0.15, 0.2) is 0 Å². The van der Waals surface area contributed by atoms with E-state index in [0.29, 0.717) is 0 Å². The van der Waals surface area contributed by atoms with Crippen molar-refractivity contribution >= 4 is 5.69 Å². The van der Waals surface area contributed by atoms with Gasteiger partial charge in [0, 0.05) is 30.9 Å². The van der Waals surface area contributed by atoms with Crippen LogP contribution in [0.4, 0.5) is 5.69 Å². The van der Waals surface area contributed by atoms with E-state index in [-0.39, 0.29) is 0 Å². The Morgan fingerprint density at radius 3 is 2.95 bits per heavy atom. The smallest absolute Gasteiger partial charge is 0.0316 e. The summed E-state index contributed by atoms with van der Waals surface area (Å²) >= 11 is 0. The number of aryl methyl sites for hydroxylation is 1. The van der Waals surface area contributed by atoms with Crippen molar-refractivity contribution in [2.45, 2.75) is 44.2 Å². The maximum Gasteiger partial charge on any atom is 0.0316 e. The zero-order chi connectivity index (χ0) is 13.1. The molecule has 3 rings (SSSR count). The van der Waals surface area contributed by atoms with Gasteiger partial charge in [-0.1, -0.05) is 12.1 Å². The van der Waals surface area contributed by atoms with Crippen molar-refractivity contribution in [3.8, 4) is 0 Å². The average molecular weight is 259 g/mol. The Morgan fingerprint density at radius 1 is 1.26 bits per heavy atom. The minimum absolute atomic E-state index is 0.724. The number of benzene rings is 1. The predicted molar refractivity (Wildman–Crippen MR) is 80.2 cm³/mol. The van der Waals surface area contributed by atoms with Crippen molar-refractivity contribution in [2.24, 2.45) is 0 Å². The van der Waals surface area contributed by atoms with Gasteiger partial charge in [-0.05, 0) is 56.3 Å². The molecule has 1 saturated carbocycles. The highest BCUT2D eigenvalue weighted by Crippen LogP contribution is 2.29. The van der Waals surface area contributed by atoms with Crippen LogP contribution in [-0.2, 0) is 6.42 Å². The third kappa shape index (κ3) is 3.71. The minimum atomic E-state index is 0.724. The first kappa shape index (κ1) is 12.9. The van der Waals surface area contributed by atoms with Crippen LogP contribution in [-0.4, -0.2) is 36.6 Å². The van der Waals surface area contributed by atoms with E-state index in [1.165, 1.54) is 44.3 Å². The molecule has 3 heteroatoms. The van der Waals surface area contributed by atoms with Crippen molar-refractivity contribution in [3.05, 3.63) is 29.8 Å². The summed E-state index contributed by atoms with van der Waals surface area (Å²) in [5.74, 6) is 0. The Bertz CT molecular complexity index is 414. The Morgan fingerprint density at radius 2 is 2.16 bits per heavy atom. The first-order valence-corrected chi connectivity index (χ1v) is 7.63. The fourth-order valence-corrected chi connectivity index (χ4v) is 3.07. The lowest BCUT2D eigenvalue weighted by Gasteiger charge is -2.15.